The minimum atomic E-state index is 0.378. The van der Waals surface area contributed by atoms with Crippen LogP contribution in [0.15, 0.2) is 67.1 Å². The predicted molar refractivity (Wildman–Crippen MR) is 118 cm³/mol. The van der Waals surface area contributed by atoms with Crippen molar-refractivity contribution in [2.75, 3.05) is 25.7 Å². The second-order valence-electron chi connectivity index (χ2n) is 6.53. The lowest BCUT2D eigenvalue weighted by Gasteiger charge is -2.24. The zero-order valence-corrected chi connectivity index (χ0v) is 16.7. The molecule has 0 fully saturated rings. The topological polar surface area (TPSA) is 60.4 Å². The molecule has 2 aromatic heterocycles. The Labute approximate surface area is 175 Å². The molecule has 6 nitrogen and oxygen atoms in total. The van der Waals surface area contributed by atoms with Crippen molar-refractivity contribution in [2.24, 2.45) is 0 Å². The number of anilines is 2. The van der Waals surface area contributed by atoms with Crippen LogP contribution in [0.2, 0.25) is 0 Å². The molecule has 0 spiro atoms. The van der Waals surface area contributed by atoms with Crippen LogP contribution >= 0.6 is 0 Å². The average Bonchev–Trinajstić information content (AvgIpc) is 2.82. The summed E-state index contributed by atoms with van der Waals surface area (Å²) < 4.78 is 10.8. The molecule has 6 heteroatoms. The zero-order chi connectivity index (χ0) is 20.9. The first-order chi connectivity index (χ1) is 14.7. The van der Waals surface area contributed by atoms with Crippen molar-refractivity contribution in [3.8, 4) is 35.1 Å². The lowest BCUT2D eigenvalue weighted by Crippen LogP contribution is -2.17. The number of aromatic nitrogens is 3. The molecule has 2 heterocycles. The molecule has 0 saturated carbocycles. The molecule has 0 aliphatic carbocycles. The Morgan fingerprint density at radius 3 is 2.40 bits per heavy atom. The molecule has 0 radical (unpaired) electrons. The lowest BCUT2D eigenvalue weighted by molar-refractivity contribution is 0.394. The van der Waals surface area contributed by atoms with Crippen molar-refractivity contribution in [3.63, 3.8) is 0 Å². The van der Waals surface area contributed by atoms with E-state index in [1.54, 1.807) is 32.8 Å². The Bertz CT molecular complexity index is 1200. The number of rotatable bonds is 6. The monoisotopic (exact) mass is 396 g/mol. The fourth-order valence-corrected chi connectivity index (χ4v) is 3.19. The summed E-state index contributed by atoms with van der Waals surface area (Å²) in [5.41, 5.74) is 5.04. The highest BCUT2D eigenvalue weighted by Crippen LogP contribution is 2.33. The molecule has 30 heavy (non-hydrogen) atoms. The van der Waals surface area contributed by atoms with Gasteiger partial charge in [0.25, 0.3) is 0 Å². The molecule has 0 atom stereocenters. The number of pyridine rings is 1. The Kier molecular flexibility index (Phi) is 5.44. The quantitative estimate of drug-likeness (QED) is 0.448. The molecule has 0 aliphatic heterocycles. The molecule has 148 valence electrons. The molecule has 0 bridgehead atoms. The third-order valence-corrected chi connectivity index (χ3v) is 4.69. The Balaban J connectivity index is 1.75. The lowest BCUT2D eigenvalue weighted by atomic mass is 10.2. The number of fused-ring (bicyclic) bond motifs is 1. The molecule has 4 rings (SSSR count). The first kappa shape index (κ1) is 19.2. The Hall–Kier alpha value is -4.11. The molecule has 0 unspecified atom stereocenters. The third kappa shape index (κ3) is 3.87. The summed E-state index contributed by atoms with van der Waals surface area (Å²) in [6, 6.07) is 15.4. The highest BCUT2D eigenvalue weighted by molar-refractivity contribution is 5.82. The normalized spacial score (nSPS) is 10.4. The van der Waals surface area contributed by atoms with E-state index < -0.39 is 0 Å². The van der Waals surface area contributed by atoms with Crippen LogP contribution in [-0.2, 0) is 0 Å². The highest BCUT2D eigenvalue weighted by Gasteiger charge is 2.13. The van der Waals surface area contributed by atoms with Crippen molar-refractivity contribution in [2.45, 2.75) is 0 Å². The largest absolute Gasteiger partial charge is 0.497 e. The van der Waals surface area contributed by atoms with Gasteiger partial charge in [0.05, 0.1) is 43.7 Å². The van der Waals surface area contributed by atoms with Gasteiger partial charge in [0.2, 0.25) is 0 Å². The molecule has 0 saturated heterocycles. The van der Waals surface area contributed by atoms with E-state index in [2.05, 4.69) is 15.9 Å². The number of hydrogen-bond donors (Lipinski definition) is 0. The van der Waals surface area contributed by atoms with Gasteiger partial charge in [0.15, 0.2) is 0 Å². The zero-order valence-electron chi connectivity index (χ0n) is 16.7. The number of ether oxygens (including phenoxy) is 2. The van der Waals surface area contributed by atoms with Gasteiger partial charge < -0.3 is 14.4 Å². The van der Waals surface area contributed by atoms with E-state index in [0.717, 1.165) is 33.7 Å². The molecule has 0 N–H and O–H groups in total. The van der Waals surface area contributed by atoms with Crippen molar-refractivity contribution >= 4 is 22.4 Å². The summed E-state index contributed by atoms with van der Waals surface area (Å²) in [5.74, 6) is 4.10. The number of methoxy groups -OCH3 is 2. The van der Waals surface area contributed by atoms with Crippen molar-refractivity contribution in [3.05, 3.63) is 67.1 Å². The summed E-state index contributed by atoms with van der Waals surface area (Å²) in [5, 5.41) is 0. The van der Waals surface area contributed by atoms with Gasteiger partial charge >= 0.3 is 0 Å². The third-order valence-electron chi connectivity index (χ3n) is 4.69. The summed E-state index contributed by atoms with van der Waals surface area (Å²) in [4.78, 5) is 15.5. The van der Waals surface area contributed by atoms with E-state index in [0.29, 0.717) is 18.0 Å². The second kappa shape index (κ2) is 8.50. The highest BCUT2D eigenvalue weighted by atomic mass is 16.5. The van der Waals surface area contributed by atoms with Gasteiger partial charge in [-0.15, -0.1) is 6.42 Å². The van der Waals surface area contributed by atoms with E-state index in [4.69, 9.17) is 20.9 Å². The maximum absolute atomic E-state index is 5.65. The van der Waals surface area contributed by atoms with Crippen LogP contribution in [0.5, 0.6) is 11.5 Å². The van der Waals surface area contributed by atoms with E-state index in [9.17, 15) is 0 Å². The van der Waals surface area contributed by atoms with Crippen molar-refractivity contribution in [1.82, 2.24) is 15.0 Å². The minimum Gasteiger partial charge on any atom is -0.497 e. The maximum atomic E-state index is 5.65. The van der Waals surface area contributed by atoms with Gasteiger partial charge in [0, 0.05) is 47.5 Å². The first-order valence-corrected chi connectivity index (χ1v) is 9.33. The number of terminal acetylenes is 1. The first-order valence-electron chi connectivity index (χ1n) is 9.33. The molecule has 2 aromatic carbocycles. The van der Waals surface area contributed by atoms with Crippen LogP contribution in [0.1, 0.15) is 0 Å². The Morgan fingerprint density at radius 1 is 0.933 bits per heavy atom. The van der Waals surface area contributed by atoms with Crippen LogP contribution in [0.3, 0.4) is 0 Å². The molecular formula is C24H20N4O2. The second-order valence-corrected chi connectivity index (χ2v) is 6.53. The summed E-state index contributed by atoms with van der Waals surface area (Å²) in [6.45, 7) is 0.378. The molecule has 4 aromatic rings. The van der Waals surface area contributed by atoms with Gasteiger partial charge in [-0.3, -0.25) is 9.97 Å². The molecule has 0 aliphatic rings. The minimum absolute atomic E-state index is 0.378. The fraction of sp³-hybridized carbons (Fsp3) is 0.125. The van der Waals surface area contributed by atoms with Gasteiger partial charge in [-0.2, -0.15) is 0 Å². The summed E-state index contributed by atoms with van der Waals surface area (Å²) in [7, 11) is 3.24. The predicted octanol–water partition coefficient (Wildman–Crippen LogP) is 4.48. The van der Waals surface area contributed by atoms with Crippen LogP contribution in [0.4, 0.5) is 11.4 Å². The molecular weight excluding hydrogens is 376 g/mol. The van der Waals surface area contributed by atoms with Crippen LogP contribution in [0.25, 0.3) is 22.3 Å². The average molecular weight is 396 g/mol. The SMILES string of the molecule is C#CCN(c1cc(OC)cc(OC)c1)c1ccc2nc(-c3cccnc3)cnc2c1. The van der Waals surface area contributed by atoms with Crippen molar-refractivity contribution < 1.29 is 9.47 Å². The van der Waals surface area contributed by atoms with E-state index >= 15 is 0 Å². The standard InChI is InChI=1S/C24H20N4O2/c1-4-10-28(19-11-20(29-2)14-21(12-19)30-3)18-7-8-22-23(13-18)26-16-24(27-22)17-6-5-9-25-15-17/h1,5-9,11-16H,10H2,2-3H3. The van der Waals surface area contributed by atoms with Gasteiger partial charge in [-0.1, -0.05) is 5.92 Å². The van der Waals surface area contributed by atoms with Gasteiger partial charge in [-0.25, -0.2) is 4.98 Å². The molecule has 0 amide bonds. The summed E-state index contributed by atoms with van der Waals surface area (Å²) >= 11 is 0. The van der Waals surface area contributed by atoms with Crippen LogP contribution in [-0.4, -0.2) is 35.7 Å². The van der Waals surface area contributed by atoms with Crippen LogP contribution in [0, 0.1) is 12.3 Å². The Morgan fingerprint density at radius 2 is 1.73 bits per heavy atom. The van der Waals surface area contributed by atoms with Crippen LogP contribution < -0.4 is 14.4 Å². The number of hydrogen-bond acceptors (Lipinski definition) is 6. The van der Waals surface area contributed by atoms with E-state index in [-0.39, 0.29) is 0 Å². The maximum Gasteiger partial charge on any atom is 0.124 e. The number of nitrogens with zero attached hydrogens (tertiary/aromatic N) is 4. The van der Waals surface area contributed by atoms with Gasteiger partial charge in [0.1, 0.15) is 11.5 Å². The summed E-state index contributed by atoms with van der Waals surface area (Å²) in [6.07, 6.45) is 10.9. The number of benzene rings is 2. The van der Waals surface area contributed by atoms with E-state index in [1.807, 2.05) is 53.4 Å². The van der Waals surface area contributed by atoms with Gasteiger partial charge in [-0.05, 0) is 30.3 Å². The van der Waals surface area contributed by atoms with E-state index in [1.165, 1.54) is 0 Å². The fourth-order valence-electron chi connectivity index (χ4n) is 3.19. The smallest absolute Gasteiger partial charge is 0.124 e. The van der Waals surface area contributed by atoms with Crippen molar-refractivity contribution in [1.29, 1.82) is 0 Å².